The van der Waals surface area contributed by atoms with Crippen molar-refractivity contribution < 1.29 is 14.3 Å². The highest BCUT2D eigenvalue weighted by Gasteiger charge is 2.53. The zero-order valence-electron chi connectivity index (χ0n) is 19.8. The molecule has 7 nitrogen and oxygen atoms in total. The lowest BCUT2D eigenvalue weighted by Gasteiger charge is -2.52. The third-order valence-corrected chi connectivity index (χ3v) is 6.85. The van der Waals surface area contributed by atoms with Gasteiger partial charge >= 0.3 is 0 Å². The van der Waals surface area contributed by atoms with Crippen LogP contribution in [0.25, 0.3) is 0 Å². The van der Waals surface area contributed by atoms with E-state index in [9.17, 15) is 9.59 Å². The lowest BCUT2D eigenvalue weighted by Crippen LogP contribution is -2.72. The number of pyridine rings is 1. The molecule has 2 saturated heterocycles. The summed E-state index contributed by atoms with van der Waals surface area (Å²) in [5.74, 6) is 1.19. The largest absolute Gasteiger partial charge is 0.497 e. The van der Waals surface area contributed by atoms with Crippen molar-refractivity contribution in [3.8, 4) is 5.75 Å². The van der Waals surface area contributed by atoms with Gasteiger partial charge < -0.3 is 15.0 Å². The Balaban J connectivity index is 1.52. The molecule has 0 radical (unpaired) electrons. The van der Waals surface area contributed by atoms with E-state index in [4.69, 9.17) is 4.74 Å². The first-order chi connectivity index (χ1) is 15.9. The van der Waals surface area contributed by atoms with Crippen LogP contribution in [0.4, 0.5) is 0 Å². The van der Waals surface area contributed by atoms with E-state index < -0.39 is 11.6 Å². The molecule has 1 aromatic carbocycles. The fraction of sp³-hybridized carbons (Fsp3) is 0.500. The first-order valence-corrected chi connectivity index (χ1v) is 11.8. The quantitative estimate of drug-likeness (QED) is 0.702. The number of likely N-dealkylation sites (tertiary alicyclic amines) is 1. The van der Waals surface area contributed by atoms with Gasteiger partial charge in [-0.25, -0.2) is 0 Å². The van der Waals surface area contributed by atoms with E-state index in [1.165, 1.54) is 5.56 Å². The number of ether oxygens (including phenoxy) is 1. The summed E-state index contributed by atoms with van der Waals surface area (Å²) in [5, 5.41) is 3.08. The first-order valence-electron chi connectivity index (χ1n) is 11.8. The van der Waals surface area contributed by atoms with Crippen molar-refractivity contribution in [2.45, 2.75) is 57.8 Å². The second kappa shape index (κ2) is 9.91. The molecule has 1 atom stereocenters. The zero-order chi connectivity index (χ0) is 23.4. The van der Waals surface area contributed by atoms with Gasteiger partial charge in [-0.2, -0.15) is 0 Å². The highest BCUT2D eigenvalue weighted by atomic mass is 16.5. The molecule has 33 heavy (non-hydrogen) atoms. The number of hydrogen-bond acceptors (Lipinski definition) is 5. The molecule has 4 rings (SSSR count). The number of benzene rings is 1. The summed E-state index contributed by atoms with van der Waals surface area (Å²) < 4.78 is 5.25. The summed E-state index contributed by atoms with van der Waals surface area (Å²) >= 11 is 0. The van der Waals surface area contributed by atoms with Crippen molar-refractivity contribution in [3.63, 3.8) is 0 Å². The average molecular weight is 451 g/mol. The summed E-state index contributed by atoms with van der Waals surface area (Å²) in [6, 6.07) is 11.5. The Hall–Kier alpha value is -2.93. The van der Waals surface area contributed by atoms with Gasteiger partial charge in [-0.15, -0.1) is 0 Å². The van der Waals surface area contributed by atoms with E-state index in [1.54, 1.807) is 19.5 Å². The van der Waals surface area contributed by atoms with Crippen molar-refractivity contribution in [2.75, 3.05) is 20.2 Å². The van der Waals surface area contributed by atoms with Crippen molar-refractivity contribution >= 4 is 11.8 Å². The SMILES string of the molecule is COc1ccc(CN2CCC3(CC2)C(=O)NC(CC(C)C)C(=O)N3Cc2ccncc2)cc1. The number of rotatable bonds is 7. The third kappa shape index (κ3) is 5.03. The van der Waals surface area contributed by atoms with E-state index in [1.807, 2.05) is 29.2 Å². The maximum atomic E-state index is 13.6. The molecule has 0 bridgehead atoms. The number of carbonyl (C=O) groups excluding carboxylic acids is 2. The number of aromatic nitrogens is 1. The molecular formula is C26H34N4O3. The number of nitrogens with zero attached hydrogens (tertiary/aromatic N) is 3. The first kappa shape index (κ1) is 23.2. The highest BCUT2D eigenvalue weighted by molar-refractivity contribution is 6.00. The molecule has 1 aromatic heterocycles. The van der Waals surface area contributed by atoms with Gasteiger partial charge in [0.1, 0.15) is 17.3 Å². The van der Waals surface area contributed by atoms with Crippen LogP contribution in [0.1, 0.15) is 44.2 Å². The van der Waals surface area contributed by atoms with Gasteiger partial charge in [0, 0.05) is 38.6 Å². The van der Waals surface area contributed by atoms with Crippen LogP contribution in [-0.4, -0.2) is 58.4 Å². The smallest absolute Gasteiger partial charge is 0.246 e. The Morgan fingerprint density at radius 2 is 1.67 bits per heavy atom. The second-order valence-corrected chi connectivity index (χ2v) is 9.59. The minimum Gasteiger partial charge on any atom is -0.497 e. The van der Waals surface area contributed by atoms with E-state index >= 15 is 0 Å². The van der Waals surface area contributed by atoms with Crippen molar-refractivity contribution in [1.29, 1.82) is 0 Å². The standard InChI is InChI=1S/C26H34N4O3/c1-19(2)16-23-24(31)30(18-21-8-12-27-13-9-21)26(25(32)28-23)10-14-29(15-11-26)17-20-4-6-22(33-3)7-5-20/h4-9,12-13,19,23H,10-11,14-18H2,1-3H3,(H,28,32). The van der Waals surface area contributed by atoms with E-state index in [2.05, 4.69) is 41.2 Å². The number of hydrogen-bond donors (Lipinski definition) is 1. The molecule has 2 aliphatic heterocycles. The van der Waals surface area contributed by atoms with Crippen molar-refractivity contribution in [2.24, 2.45) is 5.92 Å². The van der Waals surface area contributed by atoms with Crippen molar-refractivity contribution in [1.82, 2.24) is 20.1 Å². The summed E-state index contributed by atoms with van der Waals surface area (Å²) in [4.78, 5) is 35.4. The summed E-state index contributed by atoms with van der Waals surface area (Å²) in [6.45, 7) is 6.92. The molecule has 3 heterocycles. The van der Waals surface area contributed by atoms with Crippen LogP contribution < -0.4 is 10.1 Å². The number of methoxy groups -OCH3 is 1. The van der Waals surface area contributed by atoms with Crippen LogP contribution in [0.3, 0.4) is 0 Å². The molecule has 1 unspecified atom stereocenters. The second-order valence-electron chi connectivity index (χ2n) is 9.59. The van der Waals surface area contributed by atoms with Crippen LogP contribution in [0.2, 0.25) is 0 Å². The Kier molecular flexibility index (Phi) is 6.98. The van der Waals surface area contributed by atoms with E-state index in [-0.39, 0.29) is 11.8 Å². The molecule has 0 saturated carbocycles. The normalized spacial score (nSPS) is 20.8. The van der Waals surface area contributed by atoms with Gasteiger partial charge in [-0.3, -0.25) is 19.5 Å². The van der Waals surface area contributed by atoms with Crippen LogP contribution in [0.5, 0.6) is 5.75 Å². The minimum absolute atomic E-state index is 0.00842. The Bertz CT molecular complexity index is 953. The molecule has 2 aliphatic rings. The summed E-state index contributed by atoms with van der Waals surface area (Å²) in [5.41, 5.74) is 1.41. The average Bonchev–Trinajstić information content (AvgIpc) is 2.82. The van der Waals surface area contributed by atoms with Crippen LogP contribution >= 0.6 is 0 Å². The number of amides is 2. The molecule has 0 aliphatic carbocycles. The van der Waals surface area contributed by atoms with Crippen molar-refractivity contribution in [3.05, 3.63) is 59.9 Å². The van der Waals surface area contributed by atoms with Gasteiger partial charge in [0.05, 0.1) is 7.11 Å². The van der Waals surface area contributed by atoms with Gasteiger partial charge in [0.25, 0.3) is 0 Å². The number of piperazine rings is 1. The summed E-state index contributed by atoms with van der Waals surface area (Å²) in [6.07, 6.45) is 5.37. The molecular weight excluding hydrogens is 416 g/mol. The minimum atomic E-state index is -0.801. The lowest BCUT2D eigenvalue weighted by atomic mass is 9.80. The molecule has 7 heteroatoms. The maximum absolute atomic E-state index is 13.6. The molecule has 2 amide bonds. The van der Waals surface area contributed by atoms with E-state index in [0.717, 1.165) is 30.9 Å². The predicted molar refractivity (Wildman–Crippen MR) is 126 cm³/mol. The fourth-order valence-corrected chi connectivity index (χ4v) is 4.97. The van der Waals surface area contributed by atoms with Crippen LogP contribution in [0.15, 0.2) is 48.8 Å². The van der Waals surface area contributed by atoms with Crippen LogP contribution in [0, 0.1) is 5.92 Å². The van der Waals surface area contributed by atoms with Gasteiger partial charge in [-0.1, -0.05) is 26.0 Å². The number of piperidine rings is 1. The Morgan fingerprint density at radius 3 is 2.27 bits per heavy atom. The predicted octanol–water partition coefficient (Wildman–Crippen LogP) is 3.00. The molecule has 176 valence electrons. The van der Waals surface area contributed by atoms with Gasteiger partial charge in [0.2, 0.25) is 11.8 Å². The number of nitrogens with one attached hydrogen (secondary N) is 1. The Labute approximate surface area is 196 Å². The fourth-order valence-electron chi connectivity index (χ4n) is 4.97. The number of carbonyl (C=O) groups is 2. The topological polar surface area (TPSA) is 74.8 Å². The molecule has 2 fully saturated rings. The lowest BCUT2D eigenvalue weighted by molar-refractivity contribution is -0.162. The monoisotopic (exact) mass is 450 g/mol. The molecule has 2 aromatic rings. The summed E-state index contributed by atoms with van der Waals surface area (Å²) in [7, 11) is 1.67. The molecule has 1 N–H and O–H groups in total. The Morgan fingerprint density at radius 1 is 1.03 bits per heavy atom. The third-order valence-electron chi connectivity index (χ3n) is 6.85. The highest BCUT2D eigenvalue weighted by Crippen LogP contribution is 2.35. The maximum Gasteiger partial charge on any atom is 0.246 e. The zero-order valence-corrected chi connectivity index (χ0v) is 19.8. The van der Waals surface area contributed by atoms with Gasteiger partial charge in [0.15, 0.2) is 0 Å². The van der Waals surface area contributed by atoms with E-state index in [0.29, 0.717) is 31.7 Å². The van der Waals surface area contributed by atoms with Gasteiger partial charge in [-0.05, 0) is 60.6 Å². The molecule has 1 spiro atoms. The van der Waals surface area contributed by atoms with Crippen LogP contribution in [-0.2, 0) is 22.7 Å².